The highest BCUT2D eigenvalue weighted by Crippen LogP contribution is 2.29. The van der Waals surface area contributed by atoms with Crippen LogP contribution in [-0.4, -0.2) is 37.7 Å². The molecule has 0 aliphatic carbocycles. The Labute approximate surface area is 169 Å². The summed E-state index contributed by atoms with van der Waals surface area (Å²) in [6.45, 7) is 4.50. The van der Waals surface area contributed by atoms with Gasteiger partial charge in [-0.25, -0.2) is 0 Å². The van der Waals surface area contributed by atoms with Gasteiger partial charge in [0.25, 0.3) is 0 Å². The van der Waals surface area contributed by atoms with Crippen molar-refractivity contribution in [1.82, 2.24) is 15.8 Å². The summed E-state index contributed by atoms with van der Waals surface area (Å²) < 4.78 is 5.36. The van der Waals surface area contributed by atoms with E-state index in [1.165, 1.54) is 49.9 Å². The van der Waals surface area contributed by atoms with Crippen molar-refractivity contribution in [2.75, 3.05) is 26.7 Å². The molecule has 2 aliphatic heterocycles. The maximum Gasteiger partial charge on any atom is 0.119 e. The number of likely N-dealkylation sites (tertiary alicyclic amines) is 1. The molecule has 4 heteroatoms. The smallest absolute Gasteiger partial charge is 0.119 e. The number of methoxy groups -OCH3 is 1. The standard InChI is InChI=1S/C24H33N3O/c1-28-23-9-5-8-20(16-23)18-27-14-12-21(13-15-27)24-22(17-25-26-24)11-10-19-6-3-2-4-7-19/h2-9,16,21-22,24-26H,10-15,17-18H2,1H3. The van der Waals surface area contributed by atoms with Crippen LogP contribution in [0.4, 0.5) is 0 Å². The van der Waals surface area contributed by atoms with Gasteiger partial charge in [0.15, 0.2) is 0 Å². The predicted molar refractivity (Wildman–Crippen MR) is 114 cm³/mol. The lowest BCUT2D eigenvalue weighted by atomic mass is 9.81. The quantitative estimate of drug-likeness (QED) is 0.770. The van der Waals surface area contributed by atoms with Gasteiger partial charge in [0.1, 0.15) is 5.75 Å². The maximum atomic E-state index is 5.36. The van der Waals surface area contributed by atoms with Crippen LogP contribution in [-0.2, 0) is 13.0 Å². The Bertz CT molecular complexity index is 728. The second-order valence-corrected chi connectivity index (χ2v) is 8.30. The predicted octanol–water partition coefficient (Wildman–Crippen LogP) is 3.63. The van der Waals surface area contributed by atoms with Crippen LogP contribution in [0.15, 0.2) is 54.6 Å². The van der Waals surface area contributed by atoms with Crippen LogP contribution < -0.4 is 15.6 Å². The van der Waals surface area contributed by atoms with Crippen molar-refractivity contribution in [1.29, 1.82) is 0 Å². The van der Waals surface area contributed by atoms with Gasteiger partial charge in [0.05, 0.1) is 7.11 Å². The van der Waals surface area contributed by atoms with Crippen LogP contribution in [0.3, 0.4) is 0 Å². The van der Waals surface area contributed by atoms with Crippen molar-refractivity contribution < 1.29 is 4.74 Å². The molecule has 28 heavy (non-hydrogen) atoms. The monoisotopic (exact) mass is 379 g/mol. The van der Waals surface area contributed by atoms with Crippen LogP contribution >= 0.6 is 0 Å². The average molecular weight is 380 g/mol. The molecule has 2 fully saturated rings. The molecule has 2 aromatic carbocycles. The van der Waals surface area contributed by atoms with Crippen LogP contribution in [0.25, 0.3) is 0 Å². The van der Waals surface area contributed by atoms with E-state index in [1.54, 1.807) is 7.11 Å². The normalized spacial score (nSPS) is 23.8. The summed E-state index contributed by atoms with van der Waals surface area (Å²) in [5, 5.41) is 0. The van der Waals surface area contributed by atoms with E-state index in [9.17, 15) is 0 Å². The van der Waals surface area contributed by atoms with Crippen LogP contribution in [0, 0.1) is 11.8 Å². The molecule has 0 amide bonds. The zero-order chi connectivity index (χ0) is 19.2. The Morgan fingerprint density at radius 2 is 1.79 bits per heavy atom. The lowest BCUT2D eigenvalue weighted by Crippen LogP contribution is -2.44. The Hall–Kier alpha value is -1.88. The summed E-state index contributed by atoms with van der Waals surface area (Å²) in [6, 6.07) is 20.0. The lowest BCUT2D eigenvalue weighted by Gasteiger charge is -2.36. The number of ether oxygens (including phenoxy) is 1. The molecule has 0 bridgehead atoms. The number of hydrogen-bond donors (Lipinski definition) is 2. The molecule has 4 nitrogen and oxygen atoms in total. The molecule has 150 valence electrons. The highest BCUT2D eigenvalue weighted by molar-refractivity contribution is 5.28. The van der Waals surface area contributed by atoms with Gasteiger partial charge >= 0.3 is 0 Å². The molecule has 2 unspecified atom stereocenters. The molecule has 2 heterocycles. The highest BCUT2D eigenvalue weighted by Gasteiger charge is 2.35. The minimum absolute atomic E-state index is 0.614. The van der Waals surface area contributed by atoms with E-state index in [2.05, 4.69) is 64.3 Å². The minimum atomic E-state index is 0.614. The van der Waals surface area contributed by atoms with Crippen LogP contribution in [0.1, 0.15) is 30.4 Å². The first-order valence-corrected chi connectivity index (χ1v) is 10.7. The molecular weight excluding hydrogens is 346 g/mol. The summed E-state index contributed by atoms with van der Waals surface area (Å²) >= 11 is 0. The molecule has 2 aliphatic rings. The van der Waals surface area contributed by atoms with Crippen LogP contribution in [0.2, 0.25) is 0 Å². The van der Waals surface area contributed by atoms with Crippen molar-refractivity contribution in [3.8, 4) is 5.75 Å². The van der Waals surface area contributed by atoms with E-state index in [-0.39, 0.29) is 0 Å². The lowest BCUT2D eigenvalue weighted by molar-refractivity contribution is 0.143. The van der Waals surface area contributed by atoms with Gasteiger partial charge in [0.2, 0.25) is 0 Å². The fraction of sp³-hybridized carbons (Fsp3) is 0.500. The first-order valence-electron chi connectivity index (χ1n) is 10.7. The van der Waals surface area contributed by atoms with Crippen molar-refractivity contribution in [3.63, 3.8) is 0 Å². The number of nitrogens with one attached hydrogen (secondary N) is 2. The number of hydrazine groups is 1. The second-order valence-electron chi connectivity index (χ2n) is 8.30. The molecule has 0 aromatic heterocycles. The van der Waals surface area contributed by atoms with Crippen molar-refractivity contribution in [2.45, 2.75) is 38.3 Å². The van der Waals surface area contributed by atoms with Crippen molar-refractivity contribution >= 4 is 0 Å². The first kappa shape index (κ1) is 19.4. The third-order valence-corrected chi connectivity index (χ3v) is 6.47. The molecular formula is C24H33N3O. The van der Waals surface area contributed by atoms with E-state index >= 15 is 0 Å². The van der Waals surface area contributed by atoms with Gasteiger partial charge in [-0.1, -0.05) is 42.5 Å². The number of aryl methyl sites for hydroxylation is 1. The largest absolute Gasteiger partial charge is 0.497 e. The first-order chi connectivity index (χ1) is 13.8. The topological polar surface area (TPSA) is 36.5 Å². The van der Waals surface area contributed by atoms with Gasteiger partial charge in [-0.2, -0.15) is 0 Å². The maximum absolute atomic E-state index is 5.36. The summed E-state index contributed by atoms with van der Waals surface area (Å²) in [7, 11) is 1.74. The summed E-state index contributed by atoms with van der Waals surface area (Å²) in [4.78, 5) is 2.59. The van der Waals surface area contributed by atoms with Gasteiger partial charge in [-0.3, -0.25) is 15.8 Å². The molecule has 4 rings (SSSR count). The number of piperidine rings is 1. The van der Waals surface area contributed by atoms with E-state index in [0.29, 0.717) is 6.04 Å². The Morgan fingerprint density at radius 1 is 1.00 bits per heavy atom. The third kappa shape index (κ3) is 4.93. The van der Waals surface area contributed by atoms with Gasteiger partial charge in [-0.15, -0.1) is 0 Å². The number of rotatable bonds is 7. The fourth-order valence-electron chi connectivity index (χ4n) is 4.83. The van der Waals surface area contributed by atoms with E-state index in [4.69, 9.17) is 4.74 Å². The van der Waals surface area contributed by atoms with E-state index in [0.717, 1.165) is 30.7 Å². The molecule has 2 aromatic rings. The molecule has 2 N–H and O–H groups in total. The second kappa shape index (κ2) is 9.55. The van der Waals surface area contributed by atoms with Crippen molar-refractivity contribution in [2.24, 2.45) is 11.8 Å². The zero-order valence-corrected chi connectivity index (χ0v) is 16.9. The zero-order valence-electron chi connectivity index (χ0n) is 16.9. The number of nitrogens with zero attached hydrogens (tertiary/aromatic N) is 1. The van der Waals surface area contributed by atoms with Gasteiger partial charge < -0.3 is 4.74 Å². The van der Waals surface area contributed by atoms with E-state index in [1.807, 2.05) is 6.07 Å². The van der Waals surface area contributed by atoms with Crippen molar-refractivity contribution in [3.05, 3.63) is 65.7 Å². The number of hydrogen-bond acceptors (Lipinski definition) is 4. The third-order valence-electron chi connectivity index (χ3n) is 6.47. The number of benzene rings is 2. The molecule has 0 spiro atoms. The Morgan fingerprint density at radius 3 is 2.57 bits per heavy atom. The molecule has 0 radical (unpaired) electrons. The van der Waals surface area contributed by atoms with E-state index < -0.39 is 0 Å². The molecule has 2 atom stereocenters. The Kier molecular flexibility index (Phi) is 6.63. The summed E-state index contributed by atoms with van der Waals surface area (Å²) in [5.74, 6) is 2.46. The minimum Gasteiger partial charge on any atom is -0.497 e. The van der Waals surface area contributed by atoms with Gasteiger partial charge in [0, 0.05) is 19.1 Å². The Balaban J connectivity index is 1.26. The average Bonchev–Trinajstić information content (AvgIpc) is 3.22. The summed E-state index contributed by atoms with van der Waals surface area (Å²) in [6.07, 6.45) is 5.01. The SMILES string of the molecule is COc1cccc(CN2CCC(C3NNCC3CCc3ccccc3)CC2)c1. The summed E-state index contributed by atoms with van der Waals surface area (Å²) in [5.41, 5.74) is 9.86. The van der Waals surface area contributed by atoms with Crippen LogP contribution in [0.5, 0.6) is 5.75 Å². The van der Waals surface area contributed by atoms with Gasteiger partial charge in [-0.05, 0) is 73.9 Å². The molecule has 2 saturated heterocycles. The fourth-order valence-corrected chi connectivity index (χ4v) is 4.83. The molecule has 0 saturated carbocycles. The highest BCUT2D eigenvalue weighted by atomic mass is 16.5.